The van der Waals surface area contributed by atoms with Crippen LogP contribution in [0.1, 0.15) is 29.9 Å². The van der Waals surface area contributed by atoms with Gasteiger partial charge in [-0.1, -0.05) is 24.3 Å². The average Bonchev–Trinajstić information content (AvgIpc) is 2.61. The lowest BCUT2D eigenvalue weighted by atomic mass is 9.87. The van der Waals surface area contributed by atoms with E-state index in [2.05, 4.69) is 19.1 Å². The predicted octanol–water partition coefficient (Wildman–Crippen LogP) is 2.93. The zero-order valence-corrected chi connectivity index (χ0v) is 15.3. The van der Waals surface area contributed by atoms with Crippen LogP contribution in [0.3, 0.4) is 0 Å². The second-order valence-corrected chi connectivity index (χ2v) is 8.17. The van der Waals surface area contributed by atoms with Crippen LogP contribution in [0.25, 0.3) is 0 Å². The molecular weight excluding hydrogens is 354 g/mol. The summed E-state index contributed by atoms with van der Waals surface area (Å²) >= 11 is 0. The molecule has 1 heterocycles. The van der Waals surface area contributed by atoms with E-state index in [0.29, 0.717) is 24.7 Å². The van der Waals surface area contributed by atoms with Gasteiger partial charge in [-0.15, -0.1) is 0 Å². The van der Waals surface area contributed by atoms with Gasteiger partial charge in [0.2, 0.25) is 10.0 Å². The van der Waals surface area contributed by atoms with Crippen molar-refractivity contribution < 1.29 is 13.3 Å². The average molecular weight is 375 g/mol. The minimum atomic E-state index is -4.01. The molecule has 0 radical (unpaired) electrons. The first-order valence-corrected chi connectivity index (χ1v) is 9.93. The molecule has 0 saturated carbocycles. The number of non-ortho nitro benzene ring substituents is 1. The van der Waals surface area contributed by atoms with Crippen molar-refractivity contribution in [2.45, 2.75) is 30.6 Å². The largest absolute Gasteiger partial charge is 0.371 e. The highest BCUT2D eigenvalue weighted by atomic mass is 32.2. The first kappa shape index (κ1) is 18.3. The van der Waals surface area contributed by atoms with Crippen LogP contribution in [0.5, 0.6) is 0 Å². The Bertz CT molecular complexity index is 935. The van der Waals surface area contributed by atoms with Gasteiger partial charge in [0, 0.05) is 30.9 Å². The smallest absolute Gasteiger partial charge is 0.272 e. The third kappa shape index (κ3) is 3.86. The van der Waals surface area contributed by atoms with E-state index in [1.54, 1.807) is 0 Å². The van der Waals surface area contributed by atoms with Gasteiger partial charge >= 0.3 is 0 Å². The van der Waals surface area contributed by atoms with Gasteiger partial charge in [-0.25, -0.2) is 13.6 Å². The van der Waals surface area contributed by atoms with Crippen molar-refractivity contribution in [3.63, 3.8) is 0 Å². The van der Waals surface area contributed by atoms with E-state index in [1.165, 1.54) is 23.3 Å². The molecule has 26 heavy (non-hydrogen) atoms. The van der Waals surface area contributed by atoms with E-state index in [0.717, 1.165) is 18.9 Å². The molecule has 0 aromatic heterocycles. The van der Waals surface area contributed by atoms with Gasteiger partial charge in [0.15, 0.2) is 0 Å². The third-order valence-corrected chi connectivity index (χ3v) is 5.80. The lowest BCUT2D eigenvalue weighted by Crippen LogP contribution is -2.33. The Morgan fingerprint density at radius 3 is 2.38 bits per heavy atom. The molecule has 2 aromatic carbocycles. The van der Waals surface area contributed by atoms with Crippen molar-refractivity contribution in [1.29, 1.82) is 0 Å². The molecule has 138 valence electrons. The van der Waals surface area contributed by atoms with Crippen molar-refractivity contribution >= 4 is 21.4 Å². The molecule has 1 fully saturated rings. The Morgan fingerprint density at radius 1 is 1.15 bits per heavy atom. The van der Waals surface area contributed by atoms with E-state index in [1.807, 2.05) is 17.0 Å². The fraction of sp³-hybridized carbons (Fsp3) is 0.333. The fourth-order valence-corrected chi connectivity index (χ4v) is 4.08. The van der Waals surface area contributed by atoms with Gasteiger partial charge in [0.1, 0.15) is 0 Å². The quantitative estimate of drug-likeness (QED) is 0.653. The Labute approximate surface area is 152 Å². The van der Waals surface area contributed by atoms with Crippen molar-refractivity contribution in [3.05, 3.63) is 63.7 Å². The second-order valence-electron chi connectivity index (χ2n) is 6.61. The minimum absolute atomic E-state index is 0.234. The zero-order valence-electron chi connectivity index (χ0n) is 14.5. The van der Waals surface area contributed by atoms with Crippen molar-refractivity contribution in [2.75, 3.05) is 18.0 Å². The van der Waals surface area contributed by atoms with E-state index >= 15 is 0 Å². The number of anilines is 1. The standard InChI is InChI=1S/C18H21N3O4S/c1-13-4-2-3-5-18(13)14-6-8-20(9-7-14)15-10-16(21(22)23)12-17(11-15)26(19,24)25/h2-5,10-12,14H,6-9H2,1H3,(H2,19,24,25). The number of nitro benzene ring substituents is 1. The number of nitrogens with two attached hydrogens (primary N) is 1. The number of hydrogen-bond donors (Lipinski definition) is 1. The number of primary sulfonamides is 1. The van der Waals surface area contributed by atoms with Crippen LogP contribution in [-0.4, -0.2) is 26.4 Å². The molecule has 0 amide bonds. The first-order valence-electron chi connectivity index (χ1n) is 8.38. The van der Waals surface area contributed by atoms with Crippen LogP contribution in [0.2, 0.25) is 0 Å². The van der Waals surface area contributed by atoms with Crippen LogP contribution in [0.4, 0.5) is 11.4 Å². The molecule has 0 aliphatic carbocycles. The number of rotatable bonds is 4. The highest BCUT2D eigenvalue weighted by Crippen LogP contribution is 2.34. The van der Waals surface area contributed by atoms with Gasteiger partial charge in [-0.2, -0.15) is 0 Å². The molecule has 0 unspecified atom stereocenters. The SMILES string of the molecule is Cc1ccccc1C1CCN(c2cc([N+](=O)[O-])cc(S(N)(=O)=O)c2)CC1. The molecule has 8 heteroatoms. The van der Waals surface area contributed by atoms with Gasteiger partial charge in [0.05, 0.1) is 9.82 Å². The molecule has 0 bridgehead atoms. The summed E-state index contributed by atoms with van der Waals surface area (Å²) < 4.78 is 23.3. The molecule has 3 rings (SSSR count). The normalized spacial score (nSPS) is 15.8. The molecule has 1 saturated heterocycles. The Kier molecular flexibility index (Phi) is 4.97. The monoisotopic (exact) mass is 375 g/mol. The van der Waals surface area contributed by atoms with E-state index in [-0.39, 0.29) is 10.6 Å². The Morgan fingerprint density at radius 2 is 1.81 bits per heavy atom. The maximum absolute atomic E-state index is 11.7. The predicted molar refractivity (Wildman–Crippen MR) is 99.8 cm³/mol. The van der Waals surface area contributed by atoms with E-state index in [4.69, 9.17) is 5.14 Å². The number of benzene rings is 2. The summed E-state index contributed by atoms with van der Waals surface area (Å²) in [7, 11) is -4.01. The lowest BCUT2D eigenvalue weighted by molar-refractivity contribution is -0.385. The van der Waals surface area contributed by atoms with Gasteiger partial charge in [0.25, 0.3) is 5.69 Å². The Hall–Kier alpha value is -2.45. The molecule has 1 aliphatic heterocycles. The van der Waals surface area contributed by atoms with Crippen molar-refractivity contribution in [3.8, 4) is 0 Å². The summed E-state index contributed by atoms with van der Waals surface area (Å²) in [5.74, 6) is 0.434. The number of nitrogens with zero attached hydrogens (tertiary/aromatic N) is 2. The van der Waals surface area contributed by atoms with E-state index < -0.39 is 14.9 Å². The number of nitro groups is 1. The summed E-state index contributed by atoms with van der Waals surface area (Å²) in [6.45, 7) is 3.50. The van der Waals surface area contributed by atoms with Gasteiger partial charge in [-0.05, 0) is 42.9 Å². The molecule has 1 aliphatic rings. The molecule has 0 spiro atoms. The van der Waals surface area contributed by atoms with Gasteiger partial charge in [-0.3, -0.25) is 10.1 Å². The maximum Gasteiger partial charge on any atom is 0.272 e. The van der Waals surface area contributed by atoms with Crippen LogP contribution in [0, 0.1) is 17.0 Å². The van der Waals surface area contributed by atoms with Crippen LogP contribution in [-0.2, 0) is 10.0 Å². The van der Waals surface area contributed by atoms with Crippen molar-refractivity contribution in [2.24, 2.45) is 5.14 Å². The Balaban J connectivity index is 1.84. The van der Waals surface area contributed by atoms with Crippen LogP contribution >= 0.6 is 0 Å². The number of aryl methyl sites for hydroxylation is 1. The minimum Gasteiger partial charge on any atom is -0.371 e. The van der Waals surface area contributed by atoms with Crippen LogP contribution < -0.4 is 10.0 Å². The zero-order chi connectivity index (χ0) is 18.9. The summed E-state index contributed by atoms with van der Waals surface area (Å²) in [6.07, 6.45) is 1.80. The molecule has 2 N–H and O–H groups in total. The highest BCUT2D eigenvalue weighted by Gasteiger charge is 2.24. The van der Waals surface area contributed by atoms with Crippen molar-refractivity contribution in [1.82, 2.24) is 0 Å². The third-order valence-electron chi connectivity index (χ3n) is 4.90. The molecule has 0 atom stereocenters. The fourth-order valence-electron chi connectivity index (χ4n) is 3.51. The summed E-state index contributed by atoms with van der Waals surface area (Å²) in [5.41, 5.74) is 2.84. The first-order chi connectivity index (χ1) is 12.3. The highest BCUT2D eigenvalue weighted by molar-refractivity contribution is 7.89. The lowest BCUT2D eigenvalue weighted by Gasteiger charge is -2.34. The molecule has 7 nitrogen and oxygen atoms in total. The molecular formula is C18H21N3O4S. The maximum atomic E-state index is 11.7. The number of hydrogen-bond acceptors (Lipinski definition) is 5. The number of sulfonamides is 1. The van der Waals surface area contributed by atoms with Crippen LogP contribution in [0.15, 0.2) is 47.4 Å². The second kappa shape index (κ2) is 7.05. The molecule has 2 aromatic rings. The summed E-state index contributed by atoms with van der Waals surface area (Å²) in [5, 5.41) is 16.3. The van der Waals surface area contributed by atoms with Gasteiger partial charge < -0.3 is 4.90 Å². The summed E-state index contributed by atoms with van der Waals surface area (Å²) in [4.78, 5) is 12.3. The summed E-state index contributed by atoms with van der Waals surface area (Å²) in [6, 6.07) is 12.1. The number of piperidine rings is 1. The van der Waals surface area contributed by atoms with E-state index in [9.17, 15) is 18.5 Å². The topological polar surface area (TPSA) is 107 Å².